The van der Waals surface area contributed by atoms with E-state index in [2.05, 4.69) is 36.5 Å². The summed E-state index contributed by atoms with van der Waals surface area (Å²) < 4.78 is 5.67. The molecule has 3 rings (SSSR count). The zero-order valence-electron chi connectivity index (χ0n) is 16.1. The van der Waals surface area contributed by atoms with Crippen molar-refractivity contribution in [3.05, 3.63) is 58.7 Å². The van der Waals surface area contributed by atoms with Gasteiger partial charge in [-0.25, -0.2) is 0 Å². The minimum atomic E-state index is -0.128. The van der Waals surface area contributed by atoms with E-state index in [0.29, 0.717) is 5.92 Å². The Morgan fingerprint density at radius 1 is 1.00 bits per heavy atom. The maximum absolute atomic E-state index is 12.3. The van der Waals surface area contributed by atoms with E-state index in [1.807, 2.05) is 26.0 Å². The second kappa shape index (κ2) is 8.39. The van der Waals surface area contributed by atoms with Crippen molar-refractivity contribution in [3.63, 3.8) is 0 Å². The van der Waals surface area contributed by atoms with Crippen molar-refractivity contribution >= 4 is 11.6 Å². The fourth-order valence-electron chi connectivity index (χ4n) is 3.97. The van der Waals surface area contributed by atoms with E-state index in [1.165, 1.54) is 43.2 Å². The smallest absolute Gasteiger partial charge is 0.262 e. The van der Waals surface area contributed by atoms with Gasteiger partial charge in [0.15, 0.2) is 6.61 Å². The number of benzene rings is 2. The van der Waals surface area contributed by atoms with Gasteiger partial charge in [-0.1, -0.05) is 49.1 Å². The predicted molar refractivity (Wildman–Crippen MR) is 107 cm³/mol. The minimum absolute atomic E-state index is 0.0233. The maximum atomic E-state index is 12.3. The molecule has 0 radical (unpaired) electrons. The first-order valence-corrected chi connectivity index (χ1v) is 9.63. The van der Waals surface area contributed by atoms with Crippen LogP contribution in [0.25, 0.3) is 0 Å². The molecular formula is C23H29NO2. The molecule has 0 aromatic heterocycles. The highest BCUT2D eigenvalue weighted by Crippen LogP contribution is 2.33. The van der Waals surface area contributed by atoms with Crippen LogP contribution in [0.2, 0.25) is 0 Å². The number of hydrogen-bond acceptors (Lipinski definition) is 2. The Labute approximate surface area is 156 Å². The molecule has 1 amide bonds. The average Bonchev–Trinajstić information content (AvgIpc) is 2.64. The van der Waals surface area contributed by atoms with Crippen molar-refractivity contribution in [2.75, 3.05) is 11.9 Å². The van der Waals surface area contributed by atoms with Gasteiger partial charge in [0.05, 0.1) is 0 Å². The molecule has 2 aromatic rings. The summed E-state index contributed by atoms with van der Waals surface area (Å²) in [5.41, 5.74) is 5.64. The zero-order valence-corrected chi connectivity index (χ0v) is 16.1. The molecule has 138 valence electrons. The molecule has 1 fully saturated rings. The molecule has 2 aromatic carbocycles. The number of aryl methyl sites for hydroxylation is 3. The van der Waals surface area contributed by atoms with E-state index in [9.17, 15) is 4.79 Å². The van der Waals surface area contributed by atoms with Gasteiger partial charge in [-0.3, -0.25) is 4.79 Å². The van der Waals surface area contributed by atoms with Gasteiger partial charge in [0.25, 0.3) is 5.91 Å². The molecule has 0 unspecified atom stereocenters. The predicted octanol–water partition coefficient (Wildman–Crippen LogP) is 5.68. The summed E-state index contributed by atoms with van der Waals surface area (Å²) in [6.07, 6.45) is 6.62. The lowest BCUT2D eigenvalue weighted by Gasteiger charge is -2.22. The Kier molecular flexibility index (Phi) is 5.97. The van der Waals surface area contributed by atoms with Gasteiger partial charge in [-0.05, 0) is 68.4 Å². The highest BCUT2D eigenvalue weighted by molar-refractivity contribution is 5.93. The highest BCUT2D eigenvalue weighted by Gasteiger charge is 2.15. The summed E-state index contributed by atoms with van der Waals surface area (Å²) in [6, 6.07) is 12.4. The summed E-state index contributed by atoms with van der Waals surface area (Å²) >= 11 is 0. The first-order chi connectivity index (χ1) is 12.5. The van der Waals surface area contributed by atoms with Crippen LogP contribution >= 0.6 is 0 Å². The molecule has 1 aliphatic rings. The van der Waals surface area contributed by atoms with Crippen LogP contribution in [0.15, 0.2) is 36.4 Å². The van der Waals surface area contributed by atoms with E-state index in [4.69, 9.17) is 4.74 Å². The molecule has 26 heavy (non-hydrogen) atoms. The van der Waals surface area contributed by atoms with Crippen molar-refractivity contribution in [1.82, 2.24) is 0 Å². The number of rotatable bonds is 5. The summed E-state index contributed by atoms with van der Waals surface area (Å²) in [6.45, 7) is 6.11. The molecular weight excluding hydrogens is 322 g/mol. The second-order valence-corrected chi connectivity index (χ2v) is 7.51. The topological polar surface area (TPSA) is 38.3 Å². The zero-order chi connectivity index (χ0) is 18.5. The standard InChI is InChI=1S/C23H29NO2/c1-16-13-17(2)23(18(3)14-16)24-22(25)15-26-21-11-9-20(10-12-21)19-7-5-4-6-8-19/h9-14,19H,4-8,15H2,1-3H3,(H,24,25). The molecule has 0 atom stereocenters. The van der Waals surface area contributed by atoms with Crippen molar-refractivity contribution in [1.29, 1.82) is 0 Å². The van der Waals surface area contributed by atoms with Crippen LogP contribution in [0.5, 0.6) is 5.75 Å². The van der Waals surface area contributed by atoms with Gasteiger partial charge in [-0.2, -0.15) is 0 Å². The van der Waals surface area contributed by atoms with Gasteiger partial charge < -0.3 is 10.1 Å². The molecule has 0 spiro atoms. The van der Waals surface area contributed by atoms with Crippen LogP contribution in [0.3, 0.4) is 0 Å². The number of amides is 1. The molecule has 0 aliphatic heterocycles. The summed E-state index contributed by atoms with van der Waals surface area (Å²) in [5, 5.41) is 2.98. The molecule has 3 heteroatoms. The van der Waals surface area contributed by atoms with Gasteiger partial charge in [-0.15, -0.1) is 0 Å². The Morgan fingerprint density at radius 2 is 1.62 bits per heavy atom. The molecule has 1 saturated carbocycles. The lowest BCUT2D eigenvalue weighted by atomic mass is 9.84. The first kappa shape index (κ1) is 18.5. The van der Waals surface area contributed by atoms with Crippen LogP contribution in [0.4, 0.5) is 5.69 Å². The van der Waals surface area contributed by atoms with Gasteiger partial charge in [0, 0.05) is 5.69 Å². The van der Waals surface area contributed by atoms with Crippen molar-refractivity contribution in [2.24, 2.45) is 0 Å². The van der Waals surface area contributed by atoms with Crippen LogP contribution in [0.1, 0.15) is 60.3 Å². The Hall–Kier alpha value is -2.29. The van der Waals surface area contributed by atoms with Crippen LogP contribution in [-0.4, -0.2) is 12.5 Å². The van der Waals surface area contributed by atoms with Crippen LogP contribution in [0, 0.1) is 20.8 Å². The van der Waals surface area contributed by atoms with E-state index >= 15 is 0 Å². The molecule has 1 N–H and O–H groups in total. The Morgan fingerprint density at radius 3 is 2.23 bits per heavy atom. The monoisotopic (exact) mass is 351 g/mol. The quantitative estimate of drug-likeness (QED) is 0.753. The highest BCUT2D eigenvalue weighted by atomic mass is 16.5. The molecule has 0 heterocycles. The van der Waals surface area contributed by atoms with Crippen molar-refractivity contribution in [2.45, 2.75) is 58.8 Å². The van der Waals surface area contributed by atoms with E-state index in [1.54, 1.807) is 0 Å². The fourth-order valence-corrected chi connectivity index (χ4v) is 3.97. The van der Waals surface area contributed by atoms with Crippen molar-refractivity contribution < 1.29 is 9.53 Å². The summed E-state index contributed by atoms with van der Waals surface area (Å²) in [5.74, 6) is 1.31. The van der Waals surface area contributed by atoms with Crippen LogP contribution in [-0.2, 0) is 4.79 Å². The SMILES string of the molecule is Cc1cc(C)c(NC(=O)COc2ccc(C3CCCCC3)cc2)c(C)c1. The number of ether oxygens (including phenoxy) is 1. The van der Waals surface area contributed by atoms with Crippen LogP contribution < -0.4 is 10.1 Å². The number of carbonyl (C=O) groups is 1. The molecule has 0 bridgehead atoms. The third-order valence-electron chi connectivity index (χ3n) is 5.27. The van der Waals surface area contributed by atoms with Gasteiger partial charge in [0.2, 0.25) is 0 Å². The van der Waals surface area contributed by atoms with Gasteiger partial charge in [0.1, 0.15) is 5.75 Å². The fraction of sp³-hybridized carbons (Fsp3) is 0.435. The van der Waals surface area contributed by atoms with E-state index in [0.717, 1.165) is 22.6 Å². The molecule has 3 nitrogen and oxygen atoms in total. The van der Waals surface area contributed by atoms with Gasteiger partial charge >= 0.3 is 0 Å². The second-order valence-electron chi connectivity index (χ2n) is 7.51. The van der Waals surface area contributed by atoms with E-state index in [-0.39, 0.29) is 12.5 Å². The first-order valence-electron chi connectivity index (χ1n) is 9.63. The number of anilines is 1. The largest absolute Gasteiger partial charge is 0.484 e. The third kappa shape index (κ3) is 4.66. The Bertz CT molecular complexity index is 735. The lowest BCUT2D eigenvalue weighted by Crippen LogP contribution is -2.21. The van der Waals surface area contributed by atoms with E-state index < -0.39 is 0 Å². The Balaban J connectivity index is 1.54. The number of hydrogen-bond donors (Lipinski definition) is 1. The molecule has 0 saturated heterocycles. The maximum Gasteiger partial charge on any atom is 0.262 e. The number of nitrogens with one attached hydrogen (secondary N) is 1. The summed E-state index contributed by atoms with van der Waals surface area (Å²) in [4.78, 5) is 12.3. The average molecular weight is 351 g/mol. The van der Waals surface area contributed by atoms with Crippen molar-refractivity contribution in [3.8, 4) is 5.75 Å². The normalized spacial score (nSPS) is 14.9. The molecule has 1 aliphatic carbocycles. The third-order valence-corrected chi connectivity index (χ3v) is 5.27. The summed E-state index contributed by atoms with van der Waals surface area (Å²) in [7, 11) is 0. The number of carbonyl (C=O) groups excluding carboxylic acids is 1. The lowest BCUT2D eigenvalue weighted by molar-refractivity contribution is -0.118. The minimum Gasteiger partial charge on any atom is -0.484 e.